The second kappa shape index (κ2) is 7.32. The van der Waals surface area contributed by atoms with Crippen LogP contribution < -0.4 is 15.4 Å². The molecule has 3 aromatic rings. The molecule has 2 aromatic carbocycles. The van der Waals surface area contributed by atoms with Gasteiger partial charge in [-0.25, -0.2) is 4.79 Å². The molecule has 1 heterocycles. The van der Waals surface area contributed by atoms with Crippen molar-refractivity contribution >= 4 is 39.8 Å². The topological polar surface area (TPSA) is 103 Å². The molecule has 0 aliphatic carbocycles. The number of H-pyrrole nitrogens is 1. The van der Waals surface area contributed by atoms with E-state index in [1.165, 1.54) is 25.1 Å². The number of hydrogen-bond acceptors (Lipinski definition) is 4. The third-order valence-corrected chi connectivity index (χ3v) is 3.65. The first-order chi connectivity index (χ1) is 12.8. The third-order valence-electron chi connectivity index (χ3n) is 3.65. The van der Waals surface area contributed by atoms with Crippen LogP contribution >= 0.6 is 0 Å². The first-order valence-electron chi connectivity index (χ1n) is 7.81. The number of hydrogen-bond donors (Lipinski definition) is 4. The number of aromatic amines is 1. The van der Waals surface area contributed by atoms with E-state index in [0.717, 1.165) is 0 Å². The minimum absolute atomic E-state index is 0.00583. The molecule has 9 heteroatoms. The van der Waals surface area contributed by atoms with Crippen molar-refractivity contribution in [3.8, 4) is 5.75 Å². The summed E-state index contributed by atoms with van der Waals surface area (Å²) >= 11 is 0. The predicted octanol–water partition coefficient (Wildman–Crippen LogP) is 4.17. The number of alkyl halides is 2. The van der Waals surface area contributed by atoms with Crippen molar-refractivity contribution in [2.24, 2.45) is 0 Å². The quantitative estimate of drug-likeness (QED) is 0.518. The average Bonchev–Trinajstić information content (AvgIpc) is 3.00. The van der Waals surface area contributed by atoms with Crippen molar-refractivity contribution in [3.63, 3.8) is 0 Å². The zero-order valence-corrected chi connectivity index (χ0v) is 14.0. The van der Waals surface area contributed by atoms with Crippen LogP contribution in [0.5, 0.6) is 5.75 Å². The van der Waals surface area contributed by atoms with Gasteiger partial charge in [0.1, 0.15) is 11.4 Å². The molecule has 0 atom stereocenters. The van der Waals surface area contributed by atoms with Gasteiger partial charge in [0.2, 0.25) is 5.91 Å². The molecule has 0 aliphatic heterocycles. The Balaban J connectivity index is 1.97. The Morgan fingerprint density at radius 1 is 1.11 bits per heavy atom. The van der Waals surface area contributed by atoms with E-state index in [2.05, 4.69) is 20.4 Å². The molecule has 140 valence electrons. The van der Waals surface area contributed by atoms with Crippen LogP contribution in [0.25, 0.3) is 10.9 Å². The molecule has 0 bridgehead atoms. The number of rotatable bonds is 6. The van der Waals surface area contributed by atoms with Crippen molar-refractivity contribution in [1.29, 1.82) is 0 Å². The summed E-state index contributed by atoms with van der Waals surface area (Å²) in [5.41, 5.74) is 2.07. The fourth-order valence-corrected chi connectivity index (χ4v) is 2.61. The number of carbonyl (C=O) groups excluding carboxylic acids is 1. The van der Waals surface area contributed by atoms with Crippen molar-refractivity contribution in [2.45, 2.75) is 13.5 Å². The molecule has 0 saturated heterocycles. The van der Waals surface area contributed by atoms with E-state index in [0.29, 0.717) is 28.0 Å². The Morgan fingerprint density at radius 2 is 1.81 bits per heavy atom. The van der Waals surface area contributed by atoms with E-state index < -0.39 is 12.6 Å². The second-order valence-electron chi connectivity index (χ2n) is 5.68. The van der Waals surface area contributed by atoms with Crippen molar-refractivity contribution in [1.82, 2.24) is 4.98 Å². The maximum atomic E-state index is 12.2. The Morgan fingerprint density at radius 3 is 2.41 bits per heavy atom. The summed E-state index contributed by atoms with van der Waals surface area (Å²) < 4.78 is 28.8. The fraction of sp³-hybridized carbons (Fsp3) is 0.111. The van der Waals surface area contributed by atoms with Crippen LogP contribution in [-0.4, -0.2) is 28.6 Å². The van der Waals surface area contributed by atoms with Gasteiger partial charge in [0.05, 0.1) is 11.2 Å². The molecule has 27 heavy (non-hydrogen) atoms. The van der Waals surface area contributed by atoms with Crippen LogP contribution in [0.1, 0.15) is 17.4 Å². The Labute approximate surface area is 152 Å². The molecule has 4 N–H and O–H groups in total. The van der Waals surface area contributed by atoms with Gasteiger partial charge >= 0.3 is 12.6 Å². The van der Waals surface area contributed by atoms with E-state index >= 15 is 0 Å². The predicted molar refractivity (Wildman–Crippen MR) is 95.9 cm³/mol. The largest absolute Gasteiger partial charge is 0.477 e. The van der Waals surface area contributed by atoms with Gasteiger partial charge in [0, 0.05) is 23.7 Å². The summed E-state index contributed by atoms with van der Waals surface area (Å²) in [4.78, 5) is 25.4. The molecule has 0 saturated carbocycles. The standard InChI is InChI=1S/C18H15F2N3O4/c1-9(24)21-11-6-14(13-8-16(17(25)26)23-15(13)7-11)22-10-2-4-12(5-3-10)27-18(19)20/h2-8,18,22-23H,1H3,(H,21,24)(H,25,26). The molecular formula is C18H15F2N3O4. The number of benzene rings is 2. The molecule has 7 nitrogen and oxygen atoms in total. The van der Waals surface area contributed by atoms with E-state index in [9.17, 15) is 23.5 Å². The normalized spacial score (nSPS) is 10.8. The van der Waals surface area contributed by atoms with Crippen LogP contribution in [0.4, 0.5) is 25.8 Å². The molecule has 0 fully saturated rings. The van der Waals surface area contributed by atoms with Gasteiger partial charge in [-0.05, 0) is 42.5 Å². The van der Waals surface area contributed by atoms with Crippen molar-refractivity contribution in [3.05, 3.63) is 48.2 Å². The number of carbonyl (C=O) groups is 2. The zero-order chi connectivity index (χ0) is 19.6. The highest BCUT2D eigenvalue weighted by molar-refractivity contribution is 6.03. The number of halogens is 2. The Hall–Kier alpha value is -3.62. The highest BCUT2D eigenvalue weighted by atomic mass is 19.3. The lowest BCUT2D eigenvalue weighted by Gasteiger charge is -2.12. The Kier molecular flexibility index (Phi) is 4.93. The van der Waals surface area contributed by atoms with Crippen LogP contribution in [0, 0.1) is 0 Å². The van der Waals surface area contributed by atoms with Crippen molar-refractivity contribution in [2.75, 3.05) is 10.6 Å². The fourth-order valence-electron chi connectivity index (χ4n) is 2.61. The Bertz CT molecular complexity index is 1000. The van der Waals surface area contributed by atoms with Gasteiger partial charge in [0.15, 0.2) is 0 Å². The smallest absolute Gasteiger partial charge is 0.387 e. The van der Waals surface area contributed by atoms with Gasteiger partial charge in [-0.2, -0.15) is 8.78 Å². The summed E-state index contributed by atoms with van der Waals surface area (Å²) in [6, 6.07) is 10.6. The number of amides is 1. The first-order valence-corrected chi connectivity index (χ1v) is 7.81. The number of carboxylic acids is 1. The lowest BCUT2D eigenvalue weighted by molar-refractivity contribution is -0.114. The third kappa shape index (κ3) is 4.32. The maximum Gasteiger partial charge on any atom is 0.387 e. The molecule has 1 amide bonds. The molecule has 3 rings (SSSR count). The van der Waals surface area contributed by atoms with E-state index in [-0.39, 0.29) is 17.4 Å². The molecule has 0 aliphatic rings. The summed E-state index contributed by atoms with van der Waals surface area (Å²) in [6.07, 6.45) is 0. The summed E-state index contributed by atoms with van der Waals surface area (Å²) in [7, 11) is 0. The number of carboxylic acid groups (broad SMARTS) is 1. The van der Waals surface area contributed by atoms with Gasteiger partial charge in [0.25, 0.3) is 0 Å². The number of ether oxygens (including phenoxy) is 1. The van der Waals surface area contributed by atoms with Gasteiger partial charge < -0.3 is 25.5 Å². The molecule has 1 aromatic heterocycles. The van der Waals surface area contributed by atoms with Gasteiger partial charge in [-0.1, -0.05) is 0 Å². The lowest BCUT2D eigenvalue weighted by atomic mass is 10.1. The minimum atomic E-state index is -2.91. The lowest BCUT2D eigenvalue weighted by Crippen LogP contribution is -2.06. The zero-order valence-electron chi connectivity index (χ0n) is 14.0. The van der Waals surface area contributed by atoms with E-state index in [1.54, 1.807) is 24.3 Å². The minimum Gasteiger partial charge on any atom is -0.477 e. The number of aromatic nitrogens is 1. The monoisotopic (exact) mass is 375 g/mol. The SMILES string of the molecule is CC(=O)Nc1cc(Nc2ccc(OC(F)F)cc2)c2cc(C(=O)O)[nH]c2c1. The van der Waals surface area contributed by atoms with Crippen LogP contribution in [-0.2, 0) is 4.79 Å². The average molecular weight is 375 g/mol. The molecule has 0 spiro atoms. The summed E-state index contributed by atoms with van der Waals surface area (Å²) in [5, 5.41) is 15.5. The van der Waals surface area contributed by atoms with Gasteiger partial charge in [-0.3, -0.25) is 4.79 Å². The first kappa shape index (κ1) is 18.2. The molecule has 0 radical (unpaired) electrons. The number of aromatic carboxylic acids is 1. The summed E-state index contributed by atoms with van der Waals surface area (Å²) in [6.45, 7) is -1.55. The molecule has 0 unspecified atom stereocenters. The second-order valence-corrected chi connectivity index (χ2v) is 5.68. The number of nitrogens with one attached hydrogen (secondary N) is 3. The van der Waals surface area contributed by atoms with Crippen molar-refractivity contribution < 1.29 is 28.2 Å². The van der Waals surface area contributed by atoms with E-state index in [1.807, 2.05) is 0 Å². The van der Waals surface area contributed by atoms with Crippen LogP contribution in [0.3, 0.4) is 0 Å². The van der Waals surface area contributed by atoms with Crippen LogP contribution in [0.2, 0.25) is 0 Å². The summed E-state index contributed by atoms with van der Waals surface area (Å²) in [5.74, 6) is -1.38. The van der Waals surface area contributed by atoms with Gasteiger partial charge in [-0.15, -0.1) is 0 Å². The van der Waals surface area contributed by atoms with E-state index in [4.69, 9.17) is 0 Å². The highest BCUT2D eigenvalue weighted by Gasteiger charge is 2.13. The maximum absolute atomic E-state index is 12.2. The number of fused-ring (bicyclic) bond motifs is 1. The number of anilines is 3. The van der Waals surface area contributed by atoms with Crippen LogP contribution in [0.15, 0.2) is 42.5 Å². The molecular weight excluding hydrogens is 360 g/mol. The highest BCUT2D eigenvalue weighted by Crippen LogP contribution is 2.32.